The lowest BCUT2D eigenvalue weighted by molar-refractivity contribution is 0.0997. The van der Waals surface area contributed by atoms with Gasteiger partial charge in [0.2, 0.25) is 0 Å². The molecule has 0 bridgehead atoms. The number of rotatable bonds is 6. The van der Waals surface area contributed by atoms with E-state index in [-0.39, 0.29) is 5.91 Å². The van der Waals surface area contributed by atoms with Crippen LogP contribution < -0.4 is 10.2 Å². The van der Waals surface area contributed by atoms with Crippen LogP contribution in [-0.4, -0.2) is 19.0 Å². The smallest absolute Gasteiger partial charge is 0.291 e. The van der Waals surface area contributed by atoms with Gasteiger partial charge in [0.05, 0.1) is 0 Å². The molecular formula is C21H24N2O2. The molecule has 1 aromatic heterocycles. The zero-order chi connectivity index (χ0) is 17.8. The van der Waals surface area contributed by atoms with Gasteiger partial charge in [0.15, 0.2) is 5.76 Å². The van der Waals surface area contributed by atoms with Gasteiger partial charge in [0.1, 0.15) is 5.58 Å². The number of nitrogens with one attached hydrogen (secondary N) is 1. The van der Waals surface area contributed by atoms with E-state index in [2.05, 4.69) is 24.1 Å². The minimum Gasteiger partial charge on any atom is -0.451 e. The highest BCUT2D eigenvalue weighted by Gasteiger charge is 2.19. The molecule has 0 aliphatic carbocycles. The lowest BCUT2D eigenvalue weighted by Gasteiger charge is -2.21. The van der Waals surface area contributed by atoms with Crippen molar-refractivity contribution in [3.63, 3.8) is 0 Å². The zero-order valence-corrected chi connectivity index (χ0v) is 15.0. The number of carbonyl (C=O) groups is 1. The third-order valence-electron chi connectivity index (χ3n) is 4.51. The Morgan fingerprint density at radius 2 is 1.68 bits per heavy atom. The number of fused-ring (bicyclic) bond motifs is 1. The van der Waals surface area contributed by atoms with E-state index >= 15 is 0 Å². The molecule has 0 aliphatic heterocycles. The molecule has 25 heavy (non-hydrogen) atoms. The summed E-state index contributed by atoms with van der Waals surface area (Å²) in [5.74, 6) is 0.195. The molecule has 130 valence electrons. The molecule has 0 radical (unpaired) electrons. The maximum absolute atomic E-state index is 12.7. The summed E-state index contributed by atoms with van der Waals surface area (Å²) in [6.07, 6.45) is 0.751. The monoisotopic (exact) mass is 336 g/mol. The number of hydrogen-bond acceptors (Lipinski definition) is 3. The van der Waals surface area contributed by atoms with Gasteiger partial charge in [-0.05, 0) is 50.6 Å². The highest BCUT2D eigenvalue weighted by molar-refractivity contribution is 6.06. The molecule has 0 atom stereocenters. The van der Waals surface area contributed by atoms with Crippen LogP contribution in [0.1, 0.15) is 36.9 Å². The van der Waals surface area contributed by atoms with Crippen LogP contribution in [0.15, 0.2) is 52.9 Å². The van der Waals surface area contributed by atoms with Gasteiger partial charge in [-0.3, -0.25) is 4.79 Å². The highest BCUT2D eigenvalue weighted by atomic mass is 16.3. The van der Waals surface area contributed by atoms with Crippen LogP contribution in [0.5, 0.6) is 0 Å². The van der Waals surface area contributed by atoms with E-state index < -0.39 is 0 Å². The van der Waals surface area contributed by atoms with Crippen LogP contribution in [-0.2, 0) is 6.42 Å². The molecular weight excluding hydrogens is 312 g/mol. The fourth-order valence-corrected chi connectivity index (χ4v) is 3.17. The Bertz CT molecular complexity index is 861. The molecule has 0 saturated heterocycles. The van der Waals surface area contributed by atoms with Crippen LogP contribution in [0.25, 0.3) is 11.0 Å². The number of carbonyl (C=O) groups excluding carboxylic acids is 1. The first-order valence-corrected chi connectivity index (χ1v) is 8.84. The Hall–Kier alpha value is -2.75. The molecule has 4 heteroatoms. The summed E-state index contributed by atoms with van der Waals surface area (Å²) in [6, 6.07) is 15.7. The first-order chi connectivity index (χ1) is 12.2. The Kier molecular flexibility index (Phi) is 5.08. The topological polar surface area (TPSA) is 45.5 Å². The van der Waals surface area contributed by atoms with Crippen molar-refractivity contribution in [2.45, 2.75) is 27.2 Å². The van der Waals surface area contributed by atoms with Crippen molar-refractivity contribution in [3.8, 4) is 0 Å². The van der Waals surface area contributed by atoms with E-state index in [1.165, 1.54) is 0 Å². The summed E-state index contributed by atoms with van der Waals surface area (Å²) in [7, 11) is 0. The fraction of sp³-hybridized carbons (Fsp3) is 0.286. The average Bonchev–Trinajstić information content (AvgIpc) is 3.03. The first-order valence-electron chi connectivity index (χ1n) is 8.84. The summed E-state index contributed by atoms with van der Waals surface area (Å²) in [4.78, 5) is 14.9. The summed E-state index contributed by atoms with van der Waals surface area (Å²) < 4.78 is 5.80. The minimum absolute atomic E-state index is 0.205. The minimum atomic E-state index is -0.205. The van der Waals surface area contributed by atoms with Crippen LogP contribution in [0.2, 0.25) is 0 Å². The van der Waals surface area contributed by atoms with Crippen LogP contribution >= 0.6 is 0 Å². The summed E-state index contributed by atoms with van der Waals surface area (Å²) in [5.41, 5.74) is 3.62. The summed E-state index contributed by atoms with van der Waals surface area (Å²) >= 11 is 0. The van der Waals surface area contributed by atoms with Crippen molar-refractivity contribution in [1.82, 2.24) is 0 Å². The maximum Gasteiger partial charge on any atom is 0.291 e. The lowest BCUT2D eigenvalue weighted by atomic mass is 10.1. The van der Waals surface area contributed by atoms with Crippen molar-refractivity contribution in [2.75, 3.05) is 23.3 Å². The maximum atomic E-state index is 12.7. The molecule has 2 aromatic carbocycles. The van der Waals surface area contributed by atoms with Crippen LogP contribution in [0.4, 0.5) is 11.4 Å². The van der Waals surface area contributed by atoms with Gasteiger partial charge in [-0.2, -0.15) is 0 Å². The van der Waals surface area contributed by atoms with Crippen LogP contribution in [0.3, 0.4) is 0 Å². The Morgan fingerprint density at radius 1 is 1.00 bits per heavy atom. The Labute approximate surface area is 148 Å². The SMILES string of the molecule is CCc1c(C(=O)Nc2ccc(N(CC)CC)cc2)oc2ccccc12. The number of anilines is 2. The second-order valence-electron chi connectivity index (χ2n) is 5.93. The number of nitrogens with zero attached hydrogens (tertiary/aromatic N) is 1. The Balaban J connectivity index is 1.83. The molecule has 4 nitrogen and oxygen atoms in total. The number of para-hydroxylation sites is 1. The molecule has 0 unspecified atom stereocenters. The quantitative estimate of drug-likeness (QED) is 0.681. The standard InChI is InChI=1S/C21H24N2O2/c1-4-17-18-9-7-8-10-19(18)25-20(17)21(24)22-15-11-13-16(14-12-15)23(5-2)6-3/h7-14H,4-6H2,1-3H3,(H,22,24). The van der Waals surface area contributed by atoms with E-state index in [0.29, 0.717) is 5.76 Å². The molecule has 3 aromatic rings. The van der Waals surface area contributed by atoms with E-state index in [1.807, 2.05) is 55.5 Å². The van der Waals surface area contributed by atoms with Gasteiger partial charge in [0.25, 0.3) is 5.91 Å². The molecule has 0 spiro atoms. The predicted octanol–water partition coefficient (Wildman–Crippen LogP) is 5.09. The fourth-order valence-electron chi connectivity index (χ4n) is 3.17. The van der Waals surface area contributed by atoms with Gasteiger partial charge in [0, 0.05) is 35.4 Å². The number of amides is 1. The molecule has 1 amide bonds. The zero-order valence-electron chi connectivity index (χ0n) is 15.0. The van der Waals surface area contributed by atoms with E-state index in [0.717, 1.165) is 47.4 Å². The van der Waals surface area contributed by atoms with E-state index in [1.54, 1.807) is 0 Å². The average molecular weight is 336 g/mol. The van der Waals surface area contributed by atoms with Gasteiger partial charge in [-0.25, -0.2) is 0 Å². The van der Waals surface area contributed by atoms with E-state index in [4.69, 9.17) is 4.42 Å². The third kappa shape index (κ3) is 3.38. The first kappa shape index (κ1) is 17.1. The molecule has 3 rings (SSSR count). The molecule has 0 aliphatic rings. The predicted molar refractivity (Wildman–Crippen MR) is 104 cm³/mol. The van der Waals surface area contributed by atoms with Crippen molar-refractivity contribution in [3.05, 3.63) is 59.9 Å². The van der Waals surface area contributed by atoms with Crippen molar-refractivity contribution in [2.24, 2.45) is 0 Å². The lowest BCUT2D eigenvalue weighted by Crippen LogP contribution is -2.21. The van der Waals surface area contributed by atoms with Crippen molar-refractivity contribution >= 4 is 28.3 Å². The van der Waals surface area contributed by atoms with Crippen LogP contribution in [0, 0.1) is 0 Å². The number of furan rings is 1. The van der Waals surface area contributed by atoms with Crippen molar-refractivity contribution in [1.29, 1.82) is 0 Å². The van der Waals surface area contributed by atoms with Crippen molar-refractivity contribution < 1.29 is 9.21 Å². The van der Waals surface area contributed by atoms with Gasteiger partial charge in [-0.15, -0.1) is 0 Å². The van der Waals surface area contributed by atoms with Gasteiger partial charge in [-0.1, -0.05) is 25.1 Å². The molecule has 1 heterocycles. The largest absolute Gasteiger partial charge is 0.451 e. The molecule has 0 fully saturated rings. The second-order valence-corrected chi connectivity index (χ2v) is 5.93. The number of hydrogen-bond donors (Lipinski definition) is 1. The normalized spacial score (nSPS) is 10.8. The molecule has 0 saturated carbocycles. The van der Waals surface area contributed by atoms with Gasteiger partial charge >= 0.3 is 0 Å². The van der Waals surface area contributed by atoms with E-state index in [9.17, 15) is 4.79 Å². The third-order valence-corrected chi connectivity index (χ3v) is 4.51. The molecule has 1 N–H and O–H groups in total. The van der Waals surface area contributed by atoms with Gasteiger partial charge < -0.3 is 14.6 Å². The number of benzene rings is 2. The highest BCUT2D eigenvalue weighted by Crippen LogP contribution is 2.27. The number of aryl methyl sites for hydroxylation is 1. The second kappa shape index (κ2) is 7.43. The summed E-state index contributed by atoms with van der Waals surface area (Å²) in [6.45, 7) is 8.22. The summed E-state index contributed by atoms with van der Waals surface area (Å²) in [5, 5.41) is 3.95. The Morgan fingerprint density at radius 3 is 2.32 bits per heavy atom.